The predicted octanol–water partition coefficient (Wildman–Crippen LogP) is 3.13. The minimum absolute atomic E-state index is 0.0818. The lowest BCUT2D eigenvalue weighted by Gasteiger charge is -2.30. The fraction of sp³-hybridized carbons (Fsp3) is 0.250. The number of fused-ring (bicyclic) bond motifs is 1. The van der Waals surface area contributed by atoms with Crippen LogP contribution in [0.3, 0.4) is 0 Å². The number of aromatic nitrogens is 1. The van der Waals surface area contributed by atoms with Crippen molar-refractivity contribution in [2.24, 2.45) is 0 Å². The van der Waals surface area contributed by atoms with E-state index in [9.17, 15) is 4.79 Å². The summed E-state index contributed by atoms with van der Waals surface area (Å²) >= 11 is 5.95. The second-order valence-corrected chi connectivity index (χ2v) is 5.40. The number of nitrogens with zero attached hydrogens (tertiary/aromatic N) is 2. The molecule has 2 heterocycles. The Balaban J connectivity index is 1.70. The van der Waals surface area contributed by atoms with E-state index in [-0.39, 0.29) is 5.91 Å². The van der Waals surface area contributed by atoms with Crippen LogP contribution >= 0.6 is 11.6 Å². The van der Waals surface area contributed by atoms with E-state index in [1.807, 2.05) is 12.1 Å². The first kappa shape index (κ1) is 13.9. The van der Waals surface area contributed by atoms with Gasteiger partial charge in [0.25, 0.3) is 0 Å². The van der Waals surface area contributed by atoms with E-state index in [0.29, 0.717) is 17.4 Å². The van der Waals surface area contributed by atoms with Gasteiger partial charge in [0.1, 0.15) is 0 Å². The maximum Gasteiger partial charge on any atom is 0.243 e. The highest BCUT2D eigenvalue weighted by Gasteiger charge is 2.18. The summed E-state index contributed by atoms with van der Waals surface area (Å²) in [4.78, 5) is 18.3. The van der Waals surface area contributed by atoms with Crippen LogP contribution in [0.4, 0.5) is 11.4 Å². The molecule has 0 saturated heterocycles. The van der Waals surface area contributed by atoms with Gasteiger partial charge in [0.2, 0.25) is 5.91 Å². The number of amides is 1. The molecule has 0 fully saturated rings. The number of rotatable bonds is 3. The minimum atomic E-state index is -0.0818. The maximum atomic E-state index is 12.2. The van der Waals surface area contributed by atoms with Gasteiger partial charge in [0.15, 0.2) is 5.15 Å². The molecule has 0 bridgehead atoms. The molecule has 1 N–H and O–H groups in total. The molecule has 0 spiro atoms. The van der Waals surface area contributed by atoms with Crippen molar-refractivity contribution in [3.8, 4) is 0 Å². The first-order valence-electron chi connectivity index (χ1n) is 6.97. The summed E-state index contributed by atoms with van der Waals surface area (Å²) < 4.78 is 0. The molecule has 0 radical (unpaired) electrons. The van der Waals surface area contributed by atoms with Crippen LogP contribution in [0.1, 0.15) is 12.0 Å². The van der Waals surface area contributed by atoms with Gasteiger partial charge in [-0.25, -0.2) is 4.98 Å². The van der Waals surface area contributed by atoms with E-state index >= 15 is 0 Å². The average Bonchev–Trinajstić information content (AvgIpc) is 2.50. The number of pyridine rings is 1. The Hall–Kier alpha value is -2.07. The zero-order valence-corrected chi connectivity index (χ0v) is 12.3. The maximum absolute atomic E-state index is 12.2. The van der Waals surface area contributed by atoms with Crippen molar-refractivity contribution in [2.45, 2.75) is 12.8 Å². The third-order valence-electron chi connectivity index (χ3n) is 3.57. The third kappa shape index (κ3) is 3.16. The normalized spacial score (nSPS) is 13.7. The van der Waals surface area contributed by atoms with Crippen LogP contribution in [0.15, 0.2) is 42.6 Å². The number of benzene rings is 1. The van der Waals surface area contributed by atoms with Gasteiger partial charge in [-0.2, -0.15) is 0 Å². The Morgan fingerprint density at radius 3 is 3.00 bits per heavy atom. The predicted molar refractivity (Wildman–Crippen MR) is 84.9 cm³/mol. The van der Waals surface area contributed by atoms with Crippen molar-refractivity contribution >= 4 is 28.9 Å². The first-order chi connectivity index (χ1) is 10.2. The van der Waals surface area contributed by atoms with Crippen molar-refractivity contribution in [1.29, 1.82) is 0 Å². The Bertz CT molecular complexity index is 659. The van der Waals surface area contributed by atoms with Gasteiger partial charge in [-0.05, 0) is 36.6 Å². The van der Waals surface area contributed by atoms with Gasteiger partial charge < -0.3 is 10.2 Å². The quantitative estimate of drug-likeness (QED) is 0.886. The van der Waals surface area contributed by atoms with E-state index in [2.05, 4.69) is 27.3 Å². The molecule has 1 aromatic carbocycles. The zero-order valence-electron chi connectivity index (χ0n) is 11.6. The highest BCUT2D eigenvalue weighted by molar-refractivity contribution is 6.32. The number of anilines is 2. The standard InChI is InChI=1S/C16H16ClN3O/c17-16-13(7-3-9-18-16)19-15(21)11-20-10-4-6-12-5-1-2-8-14(12)20/h1-3,5,7-9H,4,6,10-11H2,(H,19,21). The molecule has 5 heteroatoms. The number of hydrogen-bond acceptors (Lipinski definition) is 3. The summed E-state index contributed by atoms with van der Waals surface area (Å²) in [6.45, 7) is 1.22. The largest absolute Gasteiger partial charge is 0.362 e. The lowest BCUT2D eigenvalue weighted by atomic mass is 10.0. The average molecular weight is 302 g/mol. The van der Waals surface area contributed by atoms with E-state index in [0.717, 1.165) is 25.1 Å². The summed E-state index contributed by atoms with van der Waals surface area (Å²) in [5.41, 5.74) is 3.00. The SMILES string of the molecule is O=C(CN1CCCc2ccccc21)Nc1cccnc1Cl. The van der Waals surface area contributed by atoms with Gasteiger partial charge in [-0.3, -0.25) is 4.79 Å². The van der Waals surface area contributed by atoms with Crippen molar-refractivity contribution < 1.29 is 4.79 Å². The Kier molecular flexibility index (Phi) is 4.06. The van der Waals surface area contributed by atoms with E-state index < -0.39 is 0 Å². The second kappa shape index (κ2) is 6.14. The summed E-state index contributed by atoms with van der Waals surface area (Å²) in [6, 6.07) is 11.7. The number of carbonyl (C=O) groups is 1. The second-order valence-electron chi connectivity index (χ2n) is 5.04. The fourth-order valence-corrected chi connectivity index (χ4v) is 2.78. The summed E-state index contributed by atoms with van der Waals surface area (Å²) in [7, 11) is 0. The van der Waals surface area contributed by atoms with Crippen molar-refractivity contribution in [2.75, 3.05) is 23.3 Å². The van der Waals surface area contributed by atoms with Crippen LogP contribution in [0.5, 0.6) is 0 Å². The topological polar surface area (TPSA) is 45.2 Å². The number of hydrogen-bond donors (Lipinski definition) is 1. The van der Waals surface area contributed by atoms with Gasteiger partial charge in [0, 0.05) is 18.4 Å². The van der Waals surface area contributed by atoms with Crippen molar-refractivity contribution in [1.82, 2.24) is 4.98 Å². The molecule has 21 heavy (non-hydrogen) atoms. The van der Waals surface area contributed by atoms with E-state index in [4.69, 9.17) is 11.6 Å². The Labute approximate surface area is 128 Å². The molecule has 1 amide bonds. The number of nitrogens with one attached hydrogen (secondary N) is 1. The van der Waals surface area contributed by atoms with Crippen molar-refractivity contribution in [3.05, 3.63) is 53.3 Å². The molecule has 1 aromatic heterocycles. The molecule has 108 valence electrons. The molecular weight excluding hydrogens is 286 g/mol. The van der Waals surface area contributed by atoms with Gasteiger partial charge in [-0.1, -0.05) is 29.8 Å². The summed E-state index contributed by atoms with van der Waals surface area (Å²) in [5, 5.41) is 3.12. The summed E-state index contributed by atoms with van der Waals surface area (Å²) in [5.74, 6) is -0.0818. The molecule has 0 atom stereocenters. The van der Waals surface area contributed by atoms with Crippen molar-refractivity contribution in [3.63, 3.8) is 0 Å². The monoisotopic (exact) mass is 301 g/mol. The number of carbonyl (C=O) groups excluding carboxylic acids is 1. The van der Waals surface area contributed by atoms with Crippen LogP contribution in [-0.2, 0) is 11.2 Å². The van der Waals surface area contributed by atoms with Gasteiger partial charge in [0.05, 0.1) is 12.2 Å². The smallest absolute Gasteiger partial charge is 0.243 e. The lowest BCUT2D eigenvalue weighted by Crippen LogP contribution is -2.36. The first-order valence-corrected chi connectivity index (χ1v) is 7.35. The Morgan fingerprint density at radius 2 is 2.14 bits per heavy atom. The molecule has 0 unspecified atom stereocenters. The van der Waals surface area contributed by atoms with Gasteiger partial charge in [-0.15, -0.1) is 0 Å². The molecule has 1 aliphatic heterocycles. The highest BCUT2D eigenvalue weighted by atomic mass is 35.5. The van der Waals surface area contributed by atoms with E-state index in [1.54, 1.807) is 18.3 Å². The van der Waals surface area contributed by atoms with Crippen LogP contribution in [0, 0.1) is 0 Å². The third-order valence-corrected chi connectivity index (χ3v) is 3.88. The molecular formula is C16H16ClN3O. The summed E-state index contributed by atoms with van der Waals surface area (Å²) in [6.07, 6.45) is 3.74. The molecule has 0 saturated carbocycles. The van der Waals surface area contributed by atoms with Crippen LogP contribution < -0.4 is 10.2 Å². The lowest BCUT2D eigenvalue weighted by molar-refractivity contribution is -0.115. The molecule has 1 aliphatic rings. The number of para-hydroxylation sites is 1. The highest BCUT2D eigenvalue weighted by Crippen LogP contribution is 2.26. The molecule has 3 rings (SSSR count). The zero-order chi connectivity index (χ0) is 14.7. The van der Waals surface area contributed by atoms with Crippen LogP contribution in [0.2, 0.25) is 5.15 Å². The van der Waals surface area contributed by atoms with Crippen LogP contribution in [0.25, 0.3) is 0 Å². The number of aryl methyl sites for hydroxylation is 1. The minimum Gasteiger partial charge on any atom is -0.362 e. The number of halogens is 1. The molecule has 0 aliphatic carbocycles. The fourth-order valence-electron chi connectivity index (χ4n) is 2.62. The van der Waals surface area contributed by atoms with Gasteiger partial charge >= 0.3 is 0 Å². The van der Waals surface area contributed by atoms with Crippen LogP contribution in [-0.4, -0.2) is 24.0 Å². The van der Waals surface area contributed by atoms with E-state index in [1.165, 1.54) is 5.56 Å². The molecule has 4 nitrogen and oxygen atoms in total. The Morgan fingerprint density at radius 1 is 1.29 bits per heavy atom. The molecule has 2 aromatic rings.